The van der Waals surface area contributed by atoms with Gasteiger partial charge in [-0.05, 0) is 60.7 Å². The summed E-state index contributed by atoms with van der Waals surface area (Å²) in [6.45, 7) is -1.07. The van der Waals surface area contributed by atoms with Crippen molar-refractivity contribution in [2.75, 3.05) is 7.05 Å². The Hall–Kier alpha value is -3.46. The Morgan fingerprint density at radius 1 is 0.944 bits per heavy atom. The Labute approximate surface area is 206 Å². The minimum Gasteiger partial charge on any atom is -0.435 e. The summed E-state index contributed by atoms with van der Waals surface area (Å²) in [5.74, 6) is -0.325. The number of aryl methyl sites for hydroxylation is 2. The summed E-state index contributed by atoms with van der Waals surface area (Å²) in [6.07, 6.45) is -3.67. The molecule has 0 fully saturated rings. The molecule has 0 bridgehead atoms. The first-order chi connectivity index (χ1) is 17.1. The van der Waals surface area contributed by atoms with Gasteiger partial charge in [-0.3, -0.25) is 10.1 Å². The van der Waals surface area contributed by atoms with E-state index in [4.69, 9.17) is 0 Å². The molecule has 0 aliphatic heterocycles. The maximum Gasteiger partial charge on any atom is 0.416 e. The lowest BCUT2D eigenvalue weighted by atomic mass is 9.95. The maximum absolute atomic E-state index is 12.9. The van der Waals surface area contributed by atoms with Gasteiger partial charge in [0.2, 0.25) is 5.91 Å². The van der Waals surface area contributed by atoms with Crippen LogP contribution in [-0.2, 0) is 17.4 Å². The van der Waals surface area contributed by atoms with E-state index in [9.17, 15) is 26.7 Å². The number of ether oxygens (including phenoxy) is 1. The van der Waals surface area contributed by atoms with Crippen molar-refractivity contribution in [2.45, 2.75) is 44.6 Å². The van der Waals surface area contributed by atoms with Crippen molar-refractivity contribution >= 4 is 5.91 Å². The molecular weight excluding hydrogens is 479 g/mol. The van der Waals surface area contributed by atoms with Crippen LogP contribution in [-0.4, -0.2) is 19.6 Å². The fraction of sp³-hybridized carbons (Fsp3) is 0.296. The first-order valence-electron chi connectivity index (χ1n) is 11.3. The lowest BCUT2D eigenvalue weighted by Gasteiger charge is -2.26. The van der Waals surface area contributed by atoms with Gasteiger partial charge in [-0.25, -0.2) is 0 Å². The Morgan fingerprint density at radius 2 is 1.61 bits per heavy atom. The Kier molecular flexibility index (Phi) is 9.03. The van der Waals surface area contributed by atoms with E-state index in [1.807, 2.05) is 31.2 Å². The molecule has 36 heavy (non-hydrogen) atoms. The van der Waals surface area contributed by atoms with E-state index in [-0.39, 0.29) is 11.7 Å². The molecule has 192 valence electrons. The summed E-state index contributed by atoms with van der Waals surface area (Å²) in [7, 11) is 1.51. The molecule has 2 atom stereocenters. The Morgan fingerprint density at radius 3 is 2.19 bits per heavy atom. The van der Waals surface area contributed by atoms with Gasteiger partial charge in [-0.15, -0.1) is 0 Å². The second-order valence-corrected chi connectivity index (χ2v) is 8.36. The number of halogens is 5. The molecule has 9 heteroatoms. The third-order valence-electron chi connectivity index (χ3n) is 5.78. The second-order valence-electron chi connectivity index (χ2n) is 8.36. The molecule has 3 aromatic rings. The number of hydrogen-bond acceptors (Lipinski definition) is 3. The molecule has 0 aliphatic carbocycles. The highest BCUT2D eigenvalue weighted by Gasteiger charge is 2.30. The molecule has 3 rings (SSSR count). The molecule has 0 unspecified atom stereocenters. The predicted molar refractivity (Wildman–Crippen MR) is 127 cm³/mol. The topological polar surface area (TPSA) is 50.4 Å². The lowest BCUT2D eigenvalue weighted by molar-refractivity contribution is -0.137. The van der Waals surface area contributed by atoms with E-state index in [0.717, 1.165) is 17.7 Å². The zero-order valence-electron chi connectivity index (χ0n) is 19.8. The van der Waals surface area contributed by atoms with Crippen LogP contribution < -0.4 is 15.4 Å². The number of carbonyl (C=O) groups excluding carboxylic acids is 1. The minimum absolute atomic E-state index is 0.0318. The quantitative estimate of drug-likeness (QED) is 0.315. The van der Waals surface area contributed by atoms with Crippen molar-refractivity contribution < 1.29 is 31.5 Å². The highest BCUT2D eigenvalue weighted by Crippen LogP contribution is 2.31. The number of alkyl halides is 5. The van der Waals surface area contributed by atoms with E-state index >= 15 is 0 Å². The van der Waals surface area contributed by atoms with E-state index in [0.29, 0.717) is 29.5 Å². The van der Waals surface area contributed by atoms with Crippen LogP contribution in [0, 0.1) is 6.92 Å². The van der Waals surface area contributed by atoms with Gasteiger partial charge in [0.1, 0.15) is 11.8 Å². The molecule has 0 saturated heterocycles. The average molecular weight is 507 g/mol. The van der Waals surface area contributed by atoms with Gasteiger partial charge >= 0.3 is 12.8 Å². The first-order valence-corrected chi connectivity index (χ1v) is 11.3. The van der Waals surface area contributed by atoms with Gasteiger partial charge in [-0.2, -0.15) is 22.0 Å². The third kappa shape index (κ3) is 7.52. The number of hydrogen-bond donors (Lipinski definition) is 2. The fourth-order valence-electron chi connectivity index (χ4n) is 3.85. The third-order valence-corrected chi connectivity index (χ3v) is 5.78. The Bertz CT molecular complexity index is 1130. The largest absolute Gasteiger partial charge is 0.435 e. The van der Waals surface area contributed by atoms with Crippen LogP contribution in [0.4, 0.5) is 22.0 Å². The van der Waals surface area contributed by atoms with Crippen LogP contribution in [0.5, 0.6) is 5.75 Å². The van der Waals surface area contributed by atoms with E-state index < -0.39 is 30.4 Å². The van der Waals surface area contributed by atoms with Crippen molar-refractivity contribution in [3.63, 3.8) is 0 Å². The van der Waals surface area contributed by atoms with Crippen molar-refractivity contribution in [1.82, 2.24) is 10.6 Å². The van der Waals surface area contributed by atoms with Crippen LogP contribution >= 0.6 is 0 Å². The van der Waals surface area contributed by atoms with Crippen LogP contribution in [0.15, 0.2) is 72.8 Å². The molecule has 0 radical (unpaired) electrons. The Balaban J connectivity index is 1.90. The van der Waals surface area contributed by atoms with E-state index in [1.54, 1.807) is 12.1 Å². The van der Waals surface area contributed by atoms with Gasteiger partial charge in [-0.1, -0.05) is 54.1 Å². The van der Waals surface area contributed by atoms with Crippen molar-refractivity contribution in [3.05, 3.63) is 101 Å². The van der Waals surface area contributed by atoms with E-state index in [2.05, 4.69) is 15.4 Å². The fourth-order valence-corrected chi connectivity index (χ4v) is 3.85. The average Bonchev–Trinajstić information content (AvgIpc) is 2.84. The zero-order valence-corrected chi connectivity index (χ0v) is 19.8. The molecule has 0 aromatic heterocycles. The SMILES string of the molecule is CNC(=O)[C@H](N[C@@H](CCc1ccc(C(F)(F)F)cc1)c1cccc(OC(F)F)c1)c1ccc(C)cc1. The summed E-state index contributed by atoms with van der Waals surface area (Å²) < 4.78 is 68.8. The molecule has 3 aromatic carbocycles. The maximum atomic E-state index is 12.9. The summed E-state index contributed by atoms with van der Waals surface area (Å²) in [5.41, 5.74) is 2.25. The zero-order chi connectivity index (χ0) is 26.3. The van der Waals surface area contributed by atoms with E-state index in [1.165, 1.54) is 31.3 Å². The summed E-state index contributed by atoms with van der Waals surface area (Å²) in [4.78, 5) is 12.8. The molecule has 4 nitrogen and oxygen atoms in total. The summed E-state index contributed by atoms with van der Waals surface area (Å²) in [5, 5.41) is 5.94. The number of likely N-dealkylation sites (N-methyl/N-ethyl adjacent to an activating group) is 1. The lowest BCUT2D eigenvalue weighted by Crippen LogP contribution is -2.38. The number of carbonyl (C=O) groups is 1. The first kappa shape index (κ1) is 27.1. The van der Waals surface area contributed by atoms with Crippen LogP contribution in [0.3, 0.4) is 0 Å². The molecule has 0 spiro atoms. The summed E-state index contributed by atoms with van der Waals surface area (Å²) in [6, 6.07) is 17.2. The number of amides is 1. The van der Waals surface area contributed by atoms with Gasteiger partial charge in [0.25, 0.3) is 0 Å². The van der Waals surface area contributed by atoms with Crippen LogP contribution in [0.25, 0.3) is 0 Å². The highest BCUT2D eigenvalue weighted by atomic mass is 19.4. The normalized spacial score (nSPS) is 13.3. The highest BCUT2D eigenvalue weighted by molar-refractivity contribution is 5.83. The molecule has 1 amide bonds. The van der Waals surface area contributed by atoms with Gasteiger partial charge in [0.05, 0.1) is 5.56 Å². The van der Waals surface area contributed by atoms with Gasteiger partial charge < -0.3 is 10.1 Å². The summed E-state index contributed by atoms with van der Waals surface area (Å²) >= 11 is 0. The number of nitrogens with one attached hydrogen (secondary N) is 2. The molecular formula is C27H27F5N2O2. The van der Waals surface area contributed by atoms with Crippen LogP contribution in [0.2, 0.25) is 0 Å². The minimum atomic E-state index is -4.43. The monoisotopic (exact) mass is 506 g/mol. The van der Waals surface area contributed by atoms with Gasteiger partial charge in [0.15, 0.2) is 0 Å². The number of benzene rings is 3. The second kappa shape index (κ2) is 12.0. The molecule has 0 heterocycles. The molecule has 0 saturated carbocycles. The predicted octanol–water partition coefficient (Wildman–Crippen LogP) is 6.37. The number of rotatable bonds is 10. The molecule has 0 aliphatic rings. The van der Waals surface area contributed by atoms with Crippen molar-refractivity contribution in [3.8, 4) is 5.75 Å². The van der Waals surface area contributed by atoms with Crippen LogP contribution in [0.1, 0.15) is 46.3 Å². The van der Waals surface area contributed by atoms with Crippen molar-refractivity contribution in [2.24, 2.45) is 0 Å². The standard InChI is InChI=1S/C27H27F5N2O2/c1-17-6-11-19(12-7-17)24(25(35)33-2)34-23(20-4-3-5-22(16-20)36-26(28)29)15-10-18-8-13-21(14-9-18)27(30,31)32/h3-9,11-14,16,23-24,26,34H,10,15H2,1-2H3,(H,33,35)/t23-,24+/m0/s1. The van der Waals surface area contributed by atoms with Gasteiger partial charge in [0, 0.05) is 13.1 Å². The molecule has 2 N–H and O–H groups in total. The van der Waals surface area contributed by atoms with Crippen molar-refractivity contribution in [1.29, 1.82) is 0 Å². The smallest absolute Gasteiger partial charge is 0.416 e.